The van der Waals surface area contributed by atoms with Crippen LogP contribution in [0, 0.1) is 0 Å². The quantitative estimate of drug-likeness (QED) is 0.113. The average Bonchev–Trinajstić information content (AvgIpc) is 2.75. The topological polar surface area (TPSA) is 78.6 Å². The van der Waals surface area contributed by atoms with Gasteiger partial charge in [0.1, 0.15) is 11.7 Å². The molecular formula is C28H55NO4. The fourth-order valence-electron chi connectivity index (χ4n) is 3.94. The van der Waals surface area contributed by atoms with Crippen LogP contribution >= 0.6 is 0 Å². The maximum Gasteiger partial charge on any atom is 0.338 e. The summed E-state index contributed by atoms with van der Waals surface area (Å²) >= 11 is 0. The first kappa shape index (κ1) is 31.9. The molecule has 0 fully saturated rings. The van der Waals surface area contributed by atoms with E-state index in [1.54, 1.807) is 20.8 Å². The molecule has 1 atom stereocenters. The molecule has 196 valence electrons. The van der Waals surface area contributed by atoms with Gasteiger partial charge in [-0.2, -0.15) is 0 Å². The Bertz CT molecular complexity index is 499. The Hall–Kier alpha value is -1.10. The summed E-state index contributed by atoms with van der Waals surface area (Å²) < 4.78 is 11.4. The Morgan fingerprint density at radius 1 is 0.667 bits per heavy atom. The van der Waals surface area contributed by atoms with E-state index in [0.29, 0.717) is 6.42 Å². The fraction of sp³-hybridized carbons (Fsp3) is 0.929. The Kier molecular flexibility index (Phi) is 17.6. The van der Waals surface area contributed by atoms with E-state index < -0.39 is 23.1 Å². The highest BCUT2D eigenvalue weighted by Gasteiger charge is 2.46. The smallest absolute Gasteiger partial charge is 0.338 e. The van der Waals surface area contributed by atoms with Gasteiger partial charge in [0, 0.05) is 0 Å². The SMILES string of the molecule is CCCCCCCCC(CCCCCCCC)OC(=O)C(N)(CCCC)C(=O)OC(C)(C)C. The first-order valence-electron chi connectivity index (χ1n) is 13.8. The third-order valence-electron chi connectivity index (χ3n) is 6.09. The van der Waals surface area contributed by atoms with Crippen molar-refractivity contribution in [3.8, 4) is 0 Å². The molecule has 5 nitrogen and oxygen atoms in total. The molecule has 5 heteroatoms. The molecule has 0 aliphatic carbocycles. The Morgan fingerprint density at radius 3 is 1.52 bits per heavy atom. The zero-order valence-electron chi connectivity index (χ0n) is 22.8. The maximum absolute atomic E-state index is 13.2. The largest absolute Gasteiger partial charge is 0.461 e. The molecule has 0 aromatic heterocycles. The summed E-state index contributed by atoms with van der Waals surface area (Å²) in [6, 6.07) is 0. The molecule has 0 saturated heterocycles. The van der Waals surface area contributed by atoms with Gasteiger partial charge in [-0.25, -0.2) is 9.59 Å². The Morgan fingerprint density at radius 2 is 1.09 bits per heavy atom. The number of hydrogen-bond acceptors (Lipinski definition) is 5. The van der Waals surface area contributed by atoms with Crippen LogP contribution in [0.15, 0.2) is 0 Å². The highest BCUT2D eigenvalue weighted by atomic mass is 16.6. The molecule has 0 amide bonds. The van der Waals surface area contributed by atoms with E-state index in [0.717, 1.165) is 44.9 Å². The van der Waals surface area contributed by atoms with Crippen molar-refractivity contribution in [2.24, 2.45) is 5.73 Å². The Balaban J connectivity index is 5.07. The van der Waals surface area contributed by atoms with Gasteiger partial charge in [-0.05, 0) is 52.9 Å². The summed E-state index contributed by atoms with van der Waals surface area (Å²) in [5, 5.41) is 0. The number of ether oxygens (including phenoxy) is 2. The van der Waals surface area contributed by atoms with Crippen molar-refractivity contribution in [1.82, 2.24) is 0 Å². The van der Waals surface area contributed by atoms with Gasteiger partial charge >= 0.3 is 11.9 Å². The monoisotopic (exact) mass is 469 g/mol. The Labute approximate surface area is 204 Å². The lowest BCUT2D eigenvalue weighted by Crippen LogP contribution is -2.58. The lowest BCUT2D eigenvalue weighted by Gasteiger charge is -2.31. The van der Waals surface area contributed by atoms with Gasteiger partial charge < -0.3 is 15.2 Å². The third-order valence-corrected chi connectivity index (χ3v) is 6.09. The van der Waals surface area contributed by atoms with E-state index in [9.17, 15) is 9.59 Å². The molecule has 0 heterocycles. The molecule has 2 N–H and O–H groups in total. The summed E-state index contributed by atoms with van der Waals surface area (Å²) in [6.45, 7) is 11.8. The van der Waals surface area contributed by atoms with Crippen molar-refractivity contribution in [1.29, 1.82) is 0 Å². The van der Waals surface area contributed by atoms with Crippen molar-refractivity contribution in [3.05, 3.63) is 0 Å². The molecule has 0 spiro atoms. The molecule has 0 aliphatic rings. The number of rotatable bonds is 20. The van der Waals surface area contributed by atoms with Crippen LogP contribution in [0.5, 0.6) is 0 Å². The minimum Gasteiger partial charge on any atom is -0.461 e. The zero-order chi connectivity index (χ0) is 25.2. The van der Waals surface area contributed by atoms with Crippen LogP contribution in [-0.2, 0) is 19.1 Å². The second-order valence-corrected chi connectivity index (χ2v) is 10.7. The standard InChI is InChI=1S/C28H55NO4/c1-7-10-13-15-17-19-21-24(22-20-18-16-14-11-8-2)32-25(30)28(29,23-12-9-3)26(31)33-27(4,5)6/h24H,7-23,29H2,1-6H3. The predicted octanol–water partition coefficient (Wildman–Crippen LogP) is 7.63. The minimum absolute atomic E-state index is 0.179. The predicted molar refractivity (Wildman–Crippen MR) is 138 cm³/mol. The number of nitrogens with two attached hydrogens (primary N) is 1. The van der Waals surface area contributed by atoms with E-state index >= 15 is 0 Å². The molecule has 0 rings (SSSR count). The minimum atomic E-state index is -1.73. The number of hydrogen-bond donors (Lipinski definition) is 1. The average molecular weight is 470 g/mol. The van der Waals surface area contributed by atoms with E-state index in [4.69, 9.17) is 15.2 Å². The van der Waals surface area contributed by atoms with Crippen LogP contribution in [0.25, 0.3) is 0 Å². The van der Waals surface area contributed by atoms with Crippen molar-refractivity contribution in [2.75, 3.05) is 0 Å². The van der Waals surface area contributed by atoms with E-state index in [2.05, 4.69) is 13.8 Å². The van der Waals surface area contributed by atoms with Gasteiger partial charge in [0.05, 0.1) is 0 Å². The number of carbonyl (C=O) groups excluding carboxylic acids is 2. The molecule has 0 aromatic rings. The third kappa shape index (κ3) is 15.4. The fourth-order valence-corrected chi connectivity index (χ4v) is 3.94. The first-order valence-corrected chi connectivity index (χ1v) is 13.8. The van der Waals surface area contributed by atoms with Gasteiger partial charge in [0.2, 0.25) is 5.54 Å². The van der Waals surface area contributed by atoms with Gasteiger partial charge in [0.25, 0.3) is 0 Å². The van der Waals surface area contributed by atoms with Gasteiger partial charge in [-0.1, -0.05) is 97.8 Å². The molecule has 0 radical (unpaired) electrons. The molecular weight excluding hydrogens is 414 g/mol. The maximum atomic E-state index is 13.2. The second-order valence-electron chi connectivity index (χ2n) is 10.7. The van der Waals surface area contributed by atoms with Crippen molar-refractivity contribution in [2.45, 2.75) is 168 Å². The van der Waals surface area contributed by atoms with Crippen LogP contribution in [0.3, 0.4) is 0 Å². The molecule has 0 aliphatic heterocycles. The van der Waals surface area contributed by atoms with Crippen LogP contribution in [-0.4, -0.2) is 29.2 Å². The van der Waals surface area contributed by atoms with Crippen LogP contribution in [0.2, 0.25) is 0 Å². The van der Waals surface area contributed by atoms with Crippen molar-refractivity contribution in [3.63, 3.8) is 0 Å². The highest BCUT2D eigenvalue weighted by molar-refractivity contribution is 6.04. The molecule has 1 unspecified atom stereocenters. The van der Waals surface area contributed by atoms with Gasteiger partial charge in [0.15, 0.2) is 0 Å². The summed E-state index contributed by atoms with van der Waals surface area (Å²) in [5.74, 6) is -1.29. The molecule has 0 bridgehead atoms. The number of esters is 2. The summed E-state index contributed by atoms with van der Waals surface area (Å²) in [5.41, 5.74) is 3.96. The van der Waals surface area contributed by atoms with Crippen LogP contribution < -0.4 is 5.73 Å². The molecule has 0 aromatic carbocycles. The van der Waals surface area contributed by atoms with Gasteiger partial charge in [-0.3, -0.25) is 0 Å². The molecule has 0 saturated carbocycles. The molecule has 33 heavy (non-hydrogen) atoms. The zero-order valence-corrected chi connectivity index (χ0v) is 22.8. The lowest BCUT2D eigenvalue weighted by atomic mass is 9.93. The summed E-state index contributed by atoms with van der Waals surface area (Å²) in [6.07, 6.45) is 17.6. The summed E-state index contributed by atoms with van der Waals surface area (Å²) in [7, 11) is 0. The number of carbonyl (C=O) groups is 2. The highest BCUT2D eigenvalue weighted by Crippen LogP contribution is 2.23. The van der Waals surface area contributed by atoms with E-state index in [-0.39, 0.29) is 12.5 Å². The normalized spacial score (nSPS) is 13.7. The van der Waals surface area contributed by atoms with Crippen molar-refractivity contribution >= 4 is 11.9 Å². The van der Waals surface area contributed by atoms with Crippen LogP contribution in [0.1, 0.15) is 151 Å². The van der Waals surface area contributed by atoms with E-state index in [1.807, 2.05) is 6.92 Å². The van der Waals surface area contributed by atoms with E-state index in [1.165, 1.54) is 51.4 Å². The lowest BCUT2D eigenvalue weighted by molar-refractivity contribution is -0.174. The van der Waals surface area contributed by atoms with Crippen molar-refractivity contribution < 1.29 is 19.1 Å². The first-order chi connectivity index (χ1) is 15.6. The second kappa shape index (κ2) is 18.3. The van der Waals surface area contributed by atoms with Gasteiger partial charge in [-0.15, -0.1) is 0 Å². The number of unbranched alkanes of at least 4 members (excludes halogenated alkanes) is 11. The van der Waals surface area contributed by atoms with Crippen LogP contribution in [0.4, 0.5) is 0 Å². The summed E-state index contributed by atoms with van der Waals surface area (Å²) in [4.78, 5) is 26.1.